The quantitative estimate of drug-likeness (QED) is 0.531. The Morgan fingerprint density at radius 2 is 1.78 bits per heavy atom. The first-order valence-corrected chi connectivity index (χ1v) is 10.4. The molecule has 2 aromatic carbocycles. The Morgan fingerprint density at radius 3 is 2.48 bits per heavy atom. The molecular weight excluding hydrogens is 474 g/mol. The fourth-order valence-corrected chi connectivity index (χ4v) is 4.13. The van der Waals surface area contributed by atoms with Gasteiger partial charge in [-0.3, -0.25) is 10.1 Å². The van der Waals surface area contributed by atoms with E-state index < -0.39 is 0 Å². The largest absolute Gasteiger partial charge is 0.381 e. The van der Waals surface area contributed by atoms with Crippen LogP contribution < -0.4 is 10.6 Å². The van der Waals surface area contributed by atoms with Crippen molar-refractivity contribution in [3.8, 4) is 0 Å². The molecule has 3 rings (SSSR count). The SMILES string of the molecule is O=C(CNC1(c2cccc(Br)c2)CCOCC1)Nc1cc(Cl)c(Cl)cc1Cl. The standard InChI is InChI=1S/C19H18BrCl3N2O2/c20-13-3-1-2-12(8-13)19(4-6-27-7-5-19)24-11-18(26)25-17-10-15(22)14(21)9-16(17)23/h1-3,8-10,24H,4-7,11H2,(H,25,26). The van der Waals surface area contributed by atoms with Gasteiger partial charge in [0.15, 0.2) is 0 Å². The Kier molecular flexibility index (Phi) is 7.06. The normalized spacial score (nSPS) is 16.1. The summed E-state index contributed by atoms with van der Waals surface area (Å²) in [6.45, 7) is 1.41. The zero-order valence-corrected chi connectivity index (χ0v) is 18.2. The molecule has 0 saturated carbocycles. The first-order chi connectivity index (χ1) is 12.9. The van der Waals surface area contributed by atoms with E-state index in [0.29, 0.717) is 34.0 Å². The molecule has 0 atom stereocenters. The third-order valence-electron chi connectivity index (χ3n) is 4.59. The maximum atomic E-state index is 12.5. The minimum Gasteiger partial charge on any atom is -0.381 e. The zero-order valence-electron chi connectivity index (χ0n) is 14.3. The minimum atomic E-state index is -0.319. The van der Waals surface area contributed by atoms with Crippen molar-refractivity contribution < 1.29 is 9.53 Å². The molecule has 0 spiro atoms. The van der Waals surface area contributed by atoms with E-state index in [9.17, 15) is 4.79 Å². The van der Waals surface area contributed by atoms with Crippen LogP contribution in [0.25, 0.3) is 0 Å². The van der Waals surface area contributed by atoms with Crippen molar-refractivity contribution in [3.63, 3.8) is 0 Å². The Labute approximate surface area is 181 Å². The molecule has 0 aliphatic carbocycles. The molecule has 1 saturated heterocycles. The molecule has 2 aromatic rings. The number of carbonyl (C=O) groups excluding carboxylic acids is 1. The summed E-state index contributed by atoms with van der Waals surface area (Å²) in [7, 11) is 0. The smallest absolute Gasteiger partial charge is 0.238 e. The van der Waals surface area contributed by atoms with Gasteiger partial charge in [-0.1, -0.05) is 62.9 Å². The Bertz CT molecular complexity index is 842. The lowest BCUT2D eigenvalue weighted by atomic mass is 9.82. The Balaban J connectivity index is 1.72. The first kappa shape index (κ1) is 20.9. The molecule has 1 aliphatic rings. The topological polar surface area (TPSA) is 50.4 Å². The number of benzene rings is 2. The highest BCUT2D eigenvalue weighted by atomic mass is 79.9. The van der Waals surface area contributed by atoms with Crippen LogP contribution in [0.4, 0.5) is 5.69 Å². The molecule has 8 heteroatoms. The number of carbonyl (C=O) groups is 1. The van der Waals surface area contributed by atoms with Gasteiger partial charge in [0.25, 0.3) is 0 Å². The lowest BCUT2D eigenvalue weighted by Crippen LogP contribution is -2.49. The van der Waals surface area contributed by atoms with Gasteiger partial charge in [-0.2, -0.15) is 0 Å². The number of nitrogens with one attached hydrogen (secondary N) is 2. The van der Waals surface area contributed by atoms with E-state index in [4.69, 9.17) is 39.5 Å². The Hall–Kier alpha value is -0.820. The van der Waals surface area contributed by atoms with E-state index in [2.05, 4.69) is 38.7 Å². The molecule has 27 heavy (non-hydrogen) atoms. The van der Waals surface area contributed by atoms with Gasteiger partial charge in [-0.05, 0) is 42.7 Å². The molecule has 1 heterocycles. The molecule has 144 valence electrons. The van der Waals surface area contributed by atoms with Crippen LogP contribution in [-0.2, 0) is 15.1 Å². The predicted octanol–water partition coefficient (Wildman–Crippen LogP) is 5.64. The molecule has 1 amide bonds. The lowest BCUT2D eigenvalue weighted by molar-refractivity contribution is -0.116. The van der Waals surface area contributed by atoms with Gasteiger partial charge in [-0.25, -0.2) is 0 Å². The number of amides is 1. The number of rotatable bonds is 5. The maximum Gasteiger partial charge on any atom is 0.238 e. The highest BCUT2D eigenvalue weighted by Crippen LogP contribution is 2.34. The second-order valence-corrected chi connectivity index (χ2v) is 8.49. The van der Waals surface area contributed by atoms with Crippen molar-refractivity contribution in [2.24, 2.45) is 0 Å². The van der Waals surface area contributed by atoms with Crippen LogP contribution in [0, 0.1) is 0 Å². The van der Waals surface area contributed by atoms with Crippen LogP contribution in [0.15, 0.2) is 40.9 Å². The van der Waals surface area contributed by atoms with Crippen LogP contribution in [0.2, 0.25) is 15.1 Å². The molecule has 1 fully saturated rings. The molecule has 2 N–H and O–H groups in total. The van der Waals surface area contributed by atoms with Crippen LogP contribution >= 0.6 is 50.7 Å². The van der Waals surface area contributed by atoms with Crippen molar-refractivity contribution in [2.75, 3.05) is 25.1 Å². The van der Waals surface area contributed by atoms with Crippen molar-refractivity contribution in [1.82, 2.24) is 5.32 Å². The van der Waals surface area contributed by atoms with Crippen molar-refractivity contribution >= 4 is 62.3 Å². The summed E-state index contributed by atoms with van der Waals surface area (Å²) < 4.78 is 6.52. The molecule has 4 nitrogen and oxygen atoms in total. The summed E-state index contributed by atoms with van der Waals surface area (Å²) >= 11 is 21.6. The molecule has 1 aliphatic heterocycles. The van der Waals surface area contributed by atoms with E-state index in [1.54, 1.807) is 6.07 Å². The average molecular weight is 493 g/mol. The molecule has 0 radical (unpaired) electrons. The molecular formula is C19H18BrCl3N2O2. The van der Waals surface area contributed by atoms with Crippen LogP contribution in [0.5, 0.6) is 0 Å². The summed E-state index contributed by atoms with van der Waals surface area (Å²) in [5, 5.41) is 7.22. The molecule has 0 bridgehead atoms. The second kappa shape index (κ2) is 9.12. The predicted molar refractivity (Wildman–Crippen MR) is 114 cm³/mol. The number of hydrogen-bond acceptors (Lipinski definition) is 3. The maximum absolute atomic E-state index is 12.5. The molecule has 0 aromatic heterocycles. The first-order valence-electron chi connectivity index (χ1n) is 8.43. The van der Waals surface area contributed by atoms with Gasteiger partial charge >= 0.3 is 0 Å². The minimum absolute atomic E-state index is 0.128. The van der Waals surface area contributed by atoms with Crippen molar-refractivity contribution in [2.45, 2.75) is 18.4 Å². The fourth-order valence-electron chi connectivity index (χ4n) is 3.14. The third-order valence-corrected chi connectivity index (χ3v) is 6.12. The fraction of sp³-hybridized carbons (Fsp3) is 0.316. The van der Waals surface area contributed by atoms with Gasteiger partial charge in [0.1, 0.15) is 0 Å². The van der Waals surface area contributed by atoms with E-state index in [1.807, 2.05) is 12.1 Å². The van der Waals surface area contributed by atoms with E-state index in [-0.39, 0.29) is 18.0 Å². The summed E-state index contributed by atoms with van der Waals surface area (Å²) in [5.41, 5.74) is 1.24. The van der Waals surface area contributed by atoms with Gasteiger partial charge in [0.2, 0.25) is 5.91 Å². The molecule has 0 unspecified atom stereocenters. The van der Waals surface area contributed by atoms with Crippen molar-refractivity contribution in [3.05, 3.63) is 61.5 Å². The monoisotopic (exact) mass is 490 g/mol. The van der Waals surface area contributed by atoms with Crippen molar-refractivity contribution in [1.29, 1.82) is 0 Å². The number of anilines is 1. The van der Waals surface area contributed by atoms with Crippen LogP contribution in [0.1, 0.15) is 18.4 Å². The highest BCUT2D eigenvalue weighted by Gasteiger charge is 2.34. The average Bonchev–Trinajstić information content (AvgIpc) is 2.65. The van der Waals surface area contributed by atoms with Crippen LogP contribution in [-0.4, -0.2) is 25.7 Å². The third kappa shape index (κ3) is 5.17. The van der Waals surface area contributed by atoms with Gasteiger partial charge in [-0.15, -0.1) is 0 Å². The summed E-state index contributed by atoms with van der Waals surface area (Å²) in [6, 6.07) is 11.2. The summed E-state index contributed by atoms with van der Waals surface area (Å²) in [5.74, 6) is -0.212. The zero-order chi connectivity index (χ0) is 19.4. The van der Waals surface area contributed by atoms with Gasteiger partial charge in [0, 0.05) is 23.2 Å². The Morgan fingerprint density at radius 1 is 1.07 bits per heavy atom. The summed E-state index contributed by atoms with van der Waals surface area (Å²) in [6.07, 6.45) is 1.56. The van der Waals surface area contributed by atoms with E-state index >= 15 is 0 Å². The second-order valence-electron chi connectivity index (χ2n) is 6.35. The van der Waals surface area contributed by atoms with Gasteiger partial charge in [0.05, 0.1) is 27.3 Å². The van der Waals surface area contributed by atoms with E-state index in [1.165, 1.54) is 6.07 Å². The van der Waals surface area contributed by atoms with E-state index in [0.717, 1.165) is 22.9 Å². The van der Waals surface area contributed by atoms with Gasteiger partial charge < -0.3 is 10.1 Å². The summed E-state index contributed by atoms with van der Waals surface area (Å²) in [4.78, 5) is 12.5. The number of halogens is 4. The number of ether oxygens (including phenoxy) is 1. The number of hydrogen-bond donors (Lipinski definition) is 2. The highest BCUT2D eigenvalue weighted by molar-refractivity contribution is 9.10. The lowest BCUT2D eigenvalue weighted by Gasteiger charge is -2.38. The van der Waals surface area contributed by atoms with Crippen LogP contribution in [0.3, 0.4) is 0 Å².